The van der Waals surface area contributed by atoms with Crippen molar-refractivity contribution >= 4 is 62.6 Å². The van der Waals surface area contributed by atoms with Crippen molar-refractivity contribution in [1.29, 1.82) is 0 Å². The summed E-state index contributed by atoms with van der Waals surface area (Å²) in [4.78, 5) is 22.3. The number of nitro groups is 2. The summed E-state index contributed by atoms with van der Waals surface area (Å²) < 4.78 is 4.89. The third-order valence-corrected chi connectivity index (χ3v) is 6.30. The normalized spacial score (nSPS) is 12.7. The molecule has 0 amide bonds. The van der Waals surface area contributed by atoms with Gasteiger partial charge >= 0.3 is 11.4 Å². The highest BCUT2D eigenvalue weighted by Gasteiger charge is 2.39. The van der Waals surface area contributed by atoms with Crippen molar-refractivity contribution in [2.75, 3.05) is 9.03 Å². The molecule has 8 nitrogen and oxygen atoms in total. The quantitative estimate of drug-likeness (QED) is 0.359. The summed E-state index contributed by atoms with van der Waals surface area (Å²) in [6, 6.07) is 8.49. The smallest absolute Gasteiger partial charge is 0.309 e. The third kappa shape index (κ3) is 2.52. The highest BCUT2D eigenvalue weighted by molar-refractivity contribution is 8.02. The fraction of sp³-hybridized carbons (Fsp3) is 0. The number of hydrogen-bond acceptors (Lipinski definition) is 9. The first-order valence-corrected chi connectivity index (χ1v) is 9.41. The monoisotopic (exact) mass is 392 g/mol. The highest BCUT2D eigenvalue weighted by atomic mass is 32.2. The van der Waals surface area contributed by atoms with E-state index in [0.717, 1.165) is 5.00 Å². The molecule has 3 aromatic rings. The molecule has 0 radical (unpaired) electrons. The second kappa shape index (κ2) is 6.02. The van der Waals surface area contributed by atoms with Gasteiger partial charge in [-0.15, -0.1) is 22.7 Å². The van der Waals surface area contributed by atoms with Crippen LogP contribution in [-0.2, 0) is 0 Å². The van der Waals surface area contributed by atoms with Crippen LogP contribution in [0.15, 0.2) is 41.1 Å². The Hall–Kier alpha value is -2.63. The van der Waals surface area contributed by atoms with Gasteiger partial charge in [-0.3, -0.25) is 24.5 Å². The lowest BCUT2D eigenvalue weighted by molar-refractivity contribution is -0.421. The van der Waals surface area contributed by atoms with Crippen molar-refractivity contribution < 1.29 is 9.85 Å². The number of hydrogen-bond donors (Lipinski definition) is 1. The van der Waals surface area contributed by atoms with E-state index >= 15 is 0 Å². The molecule has 0 spiro atoms. The van der Waals surface area contributed by atoms with Crippen molar-refractivity contribution in [3.05, 3.63) is 61.3 Å². The van der Waals surface area contributed by atoms with E-state index in [1.807, 2.05) is 17.5 Å². The van der Waals surface area contributed by atoms with Gasteiger partial charge in [0.15, 0.2) is 0 Å². The number of benzene rings is 1. The molecule has 0 saturated heterocycles. The van der Waals surface area contributed by atoms with Gasteiger partial charge in [-0.25, -0.2) is 0 Å². The van der Waals surface area contributed by atoms with Crippen molar-refractivity contribution in [3.8, 4) is 10.4 Å². The number of anilines is 3. The molecule has 0 fully saturated rings. The zero-order chi connectivity index (χ0) is 17.6. The minimum Gasteiger partial charge on any atom is -0.309 e. The van der Waals surface area contributed by atoms with Gasteiger partial charge in [-0.2, -0.15) is 0 Å². The minimum absolute atomic E-state index is 0.246. The first kappa shape index (κ1) is 15.9. The lowest BCUT2D eigenvalue weighted by Crippen LogP contribution is -2.03. The van der Waals surface area contributed by atoms with Gasteiger partial charge < -0.3 is 4.72 Å². The largest absolute Gasteiger partial charge is 0.356 e. The summed E-state index contributed by atoms with van der Waals surface area (Å²) in [6.45, 7) is 0. The molecule has 4 rings (SSSR count). The number of fused-ring (bicyclic) bond motifs is 1. The van der Waals surface area contributed by atoms with Gasteiger partial charge in [0, 0.05) is 4.88 Å². The van der Waals surface area contributed by atoms with E-state index in [-0.39, 0.29) is 5.56 Å². The van der Waals surface area contributed by atoms with Crippen molar-refractivity contribution in [2.45, 2.75) is 0 Å². The average molecular weight is 392 g/mol. The molecule has 0 saturated carbocycles. The second-order valence-corrected chi connectivity index (χ2v) is 7.57. The Bertz CT molecular complexity index is 973. The maximum Gasteiger partial charge on any atom is 0.356 e. The number of thiophene rings is 2. The lowest BCUT2D eigenvalue weighted by Gasteiger charge is -2.13. The fourth-order valence-corrected chi connectivity index (χ4v) is 5.03. The Labute approximate surface area is 153 Å². The molecule has 0 unspecified atom stereocenters. The van der Waals surface area contributed by atoms with E-state index in [2.05, 4.69) is 4.72 Å². The third-order valence-electron chi connectivity index (χ3n) is 3.57. The lowest BCUT2D eigenvalue weighted by atomic mass is 10.1. The molecule has 0 aliphatic carbocycles. The van der Waals surface area contributed by atoms with Gasteiger partial charge in [0.2, 0.25) is 0 Å². The van der Waals surface area contributed by atoms with Crippen molar-refractivity contribution in [2.24, 2.45) is 0 Å². The highest BCUT2D eigenvalue weighted by Crippen LogP contribution is 2.56. The summed E-state index contributed by atoms with van der Waals surface area (Å²) >= 11 is 4.01. The summed E-state index contributed by atoms with van der Waals surface area (Å²) in [5, 5.41) is 27.7. The van der Waals surface area contributed by atoms with Gasteiger partial charge in [0.25, 0.3) is 0 Å². The van der Waals surface area contributed by atoms with Gasteiger partial charge in [-0.05, 0) is 29.0 Å². The number of nitrogens with zero attached hydrogens (tertiary/aromatic N) is 3. The Morgan fingerprint density at radius 3 is 2.40 bits per heavy atom. The molecule has 1 aliphatic heterocycles. The molecular weight excluding hydrogens is 384 g/mol. The number of rotatable bonds is 4. The van der Waals surface area contributed by atoms with Crippen molar-refractivity contribution in [1.82, 2.24) is 0 Å². The number of nitrogens with one attached hydrogen (secondary N) is 1. The summed E-state index contributed by atoms with van der Waals surface area (Å²) in [6.07, 6.45) is 0. The summed E-state index contributed by atoms with van der Waals surface area (Å²) in [5.74, 6) is 0. The van der Waals surface area contributed by atoms with Crippen LogP contribution in [0.1, 0.15) is 0 Å². The van der Waals surface area contributed by atoms with Crippen LogP contribution >= 0.6 is 34.8 Å². The SMILES string of the molecule is O=[N+]([O-])c1cc2c(c(-c3cccs3)c1[N+](=O)[O-])NSN2c1cccs1. The molecule has 1 N–H and O–H groups in total. The van der Waals surface area contributed by atoms with Crippen LogP contribution in [0.5, 0.6) is 0 Å². The first-order chi connectivity index (χ1) is 12.1. The molecule has 0 atom stereocenters. The first-order valence-electron chi connectivity index (χ1n) is 6.88. The Morgan fingerprint density at radius 1 is 1.04 bits per heavy atom. The van der Waals surface area contributed by atoms with E-state index in [9.17, 15) is 20.2 Å². The Kier molecular flexibility index (Phi) is 3.82. The van der Waals surface area contributed by atoms with E-state index in [1.165, 1.54) is 40.9 Å². The predicted molar refractivity (Wildman–Crippen MR) is 101 cm³/mol. The fourth-order valence-electron chi connectivity index (χ4n) is 2.58. The Balaban J connectivity index is 2.04. The molecule has 11 heteroatoms. The minimum atomic E-state index is -0.703. The maximum atomic E-state index is 11.6. The summed E-state index contributed by atoms with van der Waals surface area (Å²) in [7, 11) is 0. The molecule has 25 heavy (non-hydrogen) atoms. The number of nitro benzene ring substituents is 2. The summed E-state index contributed by atoms with van der Waals surface area (Å²) in [5.41, 5.74) is 0.285. The van der Waals surface area contributed by atoms with Crippen LogP contribution in [0.4, 0.5) is 27.8 Å². The maximum absolute atomic E-state index is 11.6. The molecule has 3 heterocycles. The molecular formula is C14H8N4O4S3. The zero-order valence-electron chi connectivity index (χ0n) is 12.2. The van der Waals surface area contributed by atoms with Crippen LogP contribution in [0.2, 0.25) is 0 Å². The average Bonchev–Trinajstić information content (AvgIpc) is 3.32. The zero-order valence-corrected chi connectivity index (χ0v) is 14.7. The Morgan fingerprint density at radius 2 is 1.80 bits per heavy atom. The van der Waals surface area contributed by atoms with E-state index in [0.29, 0.717) is 16.3 Å². The predicted octanol–water partition coefficient (Wildman–Crippen LogP) is 5.42. The standard InChI is InChI=1S/C14H8N4O4S3/c19-17(20)9-7-8-13(15-25-16(8)11-4-2-6-24-11)12(14(9)18(21)22)10-3-1-5-23-10/h1-7,15H. The van der Waals surface area contributed by atoms with Crippen LogP contribution in [0.3, 0.4) is 0 Å². The molecule has 1 aliphatic rings. The molecule has 2 aromatic heterocycles. The van der Waals surface area contributed by atoms with Crippen LogP contribution in [0, 0.1) is 20.2 Å². The van der Waals surface area contributed by atoms with Gasteiger partial charge in [0.1, 0.15) is 10.6 Å². The van der Waals surface area contributed by atoms with E-state index < -0.39 is 21.2 Å². The van der Waals surface area contributed by atoms with E-state index in [1.54, 1.807) is 21.8 Å². The van der Waals surface area contributed by atoms with Crippen LogP contribution in [-0.4, -0.2) is 9.85 Å². The van der Waals surface area contributed by atoms with Crippen LogP contribution < -0.4 is 9.03 Å². The van der Waals surface area contributed by atoms with Gasteiger partial charge in [0.05, 0.1) is 39.4 Å². The molecule has 0 bridgehead atoms. The molecule has 1 aromatic carbocycles. The molecule has 126 valence electrons. The van der Waals surface area contributed by atoms with E-state index in [4.69, 9.17) is 0 Å². The van der Waals surface area contributed by atoms with Crippen LogP contribution in [0.25, 0.3) is 10.4 Å². The van der Waals surface area contributed by atoms with Gasteiger partial charge in [-0.1, -0.05) is 6.07 Å². The van der Waals surface area contributed by atoms with Crippen molar-refractivity contribution in [3.63, 3.8) is 0 Å². The topological polar surface area (TPSA) is 102 Å². The second-order valence-electron chi connectivity index (χ2n) is 4.94.